The molecule has 0 fully saturated rings. The smallest absolute Gasteiger partial charge is 0.358 e. The van der Waals surface area contributed by atoms with Crippen LogP contribution in [-0.4, -0.2) is 11.8 Å². The van der Waals surface area contributed by atoms with Crippen LogP contribution in [-0.2, 0) is 0 Å². The summed E-state index contributed by atoms with van der Waals surface area (Å²) in [5, 5.41) is 0. The van der Waals surface area contributed by atoms with E-state index in [0.29, 0.717) is 5.69 Å². The first-order valence-electron chi connectivity index (χ1n) is 6.21. The lowest BCUT2D eigenvalue weighted by molar-refractivity contribution is 0.326. The van der Waals surface area contributed by atoms with Crippen molar-refractivity contribution in [2.75, 3.05) is 7.11 Å². The van der Waals surface area contributed by atoms with Crippen molar-refractivity contribution in [2.45, 2.75) is 0 Å². The van der Waals surface area contributed by atoms with Gasteiger partial charge in [0, 0.05) is 5.56 Å². The van der Waals surface area contributed by atoms with Gasteiger partial charge in [-0.25, -0.2) is 4.79 Å². The van der Waals surface area contributed by atoms with Crippen LogP contribution in [0, 0.1) is 0 Å². The minimum absolute atomic E-state index is 0.375. The lowest BCUT2D eigenvalue weighted by Gasteiger charge is -2.07. The number of aromatic nitrogens is 1. The second-order valence-corrected chi connectivity index (χ2v) is 4.30. The average Bonchev–Trinajstić information content (AvgIpc) is 2.90. The second-order valence-electron chi connectivity index (χ2n) is 4.30. The zero-order chi connectivity index (χ0) is 13.9. The summed E-state index contributed by atoms with van der Waals surface area (Å²) >= 11 is 0. The van der Waals surface area contributed by atoms with Crippen molar-refractivity contribution in [3.63, 3.8) is 0 Å². The third-order valence-corrected chi connectivity index (χ3v) is 3.03. The Kier molecular flexibility index (Phi) is 3.13. The van der Waals surface area contributed by atoms with Crippen LogP contribution in [0.15, 0.2) is 70.0 Å². The quantitative estimate of drug-likeness (QED) is 0.732. The highest BCUT2D eigenvalue weighted by molar-refractivity contribution is 5.62. The van der Waals surface area contributed by atoms with Crippen LogP contribution in [0.2, 0.25) is 0 Å². The Morgan fingerprint density at radius 2 is 1.70 bits per heavy atom. The van der Waals surface area contributed by atoms with Crippen molar-refractivity contribution >= 4 is 0 Å². The highest BCUT2D eigenvalue weighted by Crippen LogP contribution is 2.24. The maximum atomic E-state index is 11.6. The van der Waals surface area contributed by atoms with Crippen LogP contribution >= 0.6 is 0 Å². The maximum Gasteiger partial charge on any atom is 0.358 e. The summed E-state index contributed by atoms with van der Waals surface area (Å²) in [4.78, 5) is 11.6. The monoisotopic (exact) mass is 267 g/mol. The molecule has 1 heterocycles. The molecule has 3 aromatic rings. The molecular weight excluding hydrogens is 254 g/mol. The topological polar surface area (TPSA) is 44.4 Å². The van der Waals surface area contributed by atoms with Gasteiger partial charge in [0.25, 0.3) is 0 Å². The Labute approximate surface area is 115 Å². The lowest BCUT2D eigenvalue weighted by atomic mass is 10.1. The van der Waals surface area contributed by atoms with E-state index in [4.69, 9.17) is 9.26 Å². The number of hydrogen-bond donors (Lipinski definition) is 0. The predicted octanol–water partition coefficient (Wildman–Crippen LogP) is 3.11. The first-order valence-corrected chi connectivity index (χ1v) is 6.21. The van der Waals surface area contributed by atoms with E-state index in [-0.39, 0.29) is 5.63 Å². The summed E-state index contributed by atoms with van der Waals surface area (Å²) in [5.74, 6) is 0.769. The van der Waals surface area contributed by atoms with Crippen molar-refractivity contribution in [1.29, 1.82) is 0 Å². The molecule has 3 rings (SSSR count). The predicted molar refractivity (Wildman–Crippen MR) is 76.3 cm³/mol. The van der Waals surface area contributed by atoms with Gasteiger partial charge in [0.05, 0.1) is 24.6 Å². The molecule has 0 amide bonds. The van der Waals surface area contributed by atoms with Crippen molar-refractivity contribution in [2.24, 2.45) is 0 Å². The van der Waals surface area contributed by atoms with Crippen LogP contribution < -0.4 is 10.4 Å². The lowest BCUT2D eigenvalue weighted by Crippen LogP contribution is -1.95. The fourth-order valence-electron chi connectivity index (χ4n) is 2.05. The van der Waals surface area contributed by atoms with E-state index in [1.165, 1.54) is 10.8 Å². The van der Waals surface area contributed by atoms with E-state index in [9.17, 15) is 4.79 Å². The highest BCUT2D eigenvalue weighted by atomic mass is 16.5. The molecule has 4 nitrogen and oxygen atoms in total. The van der Waals surface area contributed by atoms with Crippen LogP contribution in [0.3, 0.4) is 0 Å². The molecule has 100 valence electrons. The van der Waals surface area contributed by atoms with E-state index in [1.807, 2.05) is 54.6 Å². The largest absolute Gasteiger partial charge is 0.497 e. The number of rotatable bonds is 3. The van der Waals surface area contributed by atoms with Crippen LogP contribution in [0.5, 0.6) is 5.75 Å². The average molecular weight is 267 g/mol. The Morgan fingerprint density at radius 3 is 2.35 bits per heavy atom. The number of hydrogen-bond acceptors (Lipinski definition) is 3. The maximum absolute atomic E-state index is 11.6. The Morgan fingerprint density at radius 1 is 1.00 bits per heavy atom. The summed E-state index contributed by atoms with van der Waals surface area (Å²) in [6.07, 6.45) is 0. The molecule has 0 spiro atoms. The number of methoxy groups -OCH3 is 1. The molecule has 0 unspecified atom stereocenters. The SMILES string of the molecule is COc1ccc(-c2cc(=O)on2-c2ccccc2)cc1. The Balaban J connectivity index is 2.12. The van der Waals surface area contributed by atoms with E-state index >= 15 is 0 Å². The van der Waals surface area contributed by atoms with Crippen molar-refractivity contribution in [3.05, 3.63) is 71.1 Å². The second kappa shape index (κ2) is 5.09. The van der Waals surface area contributed by atoms with Gasteiger partial charge in [0.2, 0.25) is 0 Å². The van der Waals surface area contributed by atoms with Gasteiger partial charge in [-0.1, -0.05) is 18.2 Å². The van der Waals surface area contributed by atoms with Gasteiger partial charge in [-0.2, -0.15) is 4.74 Å². The number of ether oxygens (including phenoxy) is 1. The normalized spacial score (nSPS) is 10.4. The van der Waals surface area contributed by atoms with Gasteiger partial charge in [0.1, 0.15) is 5.75 Å². The van der Waals surface area contributed by atoms with Crippen molar-refractivity contribution < 1.29 is 9.26 Å². The first kappa shape index (κ1) is 12.3. The molecule has 0 bridgehead atoms. The summed E-state index contributed by atoms with van der Waals surface area (Å²) in [5.41, 5.74) is 2.03. The molecule has 0 aliphatic rings. The van der Waals surface area contributed by atoms with E-state index < -0.39 is 0 Å². The number of benzene rings is 2. The molecule has 20 heavy (non-hydrogen) atoms. The molecule has 0 N–H and O–H groups in total. The van der Waals surface area contributed by atoms with Gasteiger partial charge < -0.3 is 9.26 Å². The molecule has 0 atom stereocenters. The fraction of sp³-hybridized carbons (Fsp3) is 0.0625. The standard InChI is InChI=1S/C16H13NO3/c1-19-14-9-7-12(8-10-14)15-11-16(18)20-17(15)13-5-3-2-4-6-13/h2-11H,1H3. The molecular formula is C16H13NO3. The third kappa shape index (κ3) is 2.23. The minimum atomic E-state index is -0.375. The Bertz CT molecular complexity index is 754. The first-order chi connectivity index (χ1) is 9.78. The van der Waals surface area contributed by atoms with Gasteiger partial charge in [0.15, 0.2) is 0 Å². The molecule has 2 aromatic carbocycles. The van der Waals surface area contributed by atoms with Crippen LogP contribution in [0.25, 0.3) is 16.9 Å². The van der Waals surface area contributed by atoms with E-state index in [2.05, 4.69) is 0 Å². The molecule has 0 saturated carbocycles. The molecule has 0 aliphatic carbocycles. The fourth-order valence-corrected chi connectivity index (χ4v) is 2.05. The van der Waals surface area contributed by atoms with Crippen LogP contribution in [0.4, 0.5) is 0 Å². The zero-order valence-corrected chi connectivity index (χ0v) is 10.9. The van der Waals surface area contributed by atoms with Gasteiger partial charge in [-0.15, -0.1) is 0 Å². The zero-order valence-electron chi connectivity index (χ0n) is 10.9. The van der Waals surface area contributed by atoms with Crippen LogP contribution in [0.1, 0.15) is 0 Å². The molecule has 4 heteroatoms. The Hall–Kier alpha value is -2.75. The third-order valence-electron chi connectivity index (χ3n) is 3.03. The number of nitrogens with zero attached hydrogens (tertiary/aromatic N) is 1. The summed E-state index contributed by atoms with van der Waals surface area (Å²) < 4.78 is 11.9. The van der Waals surface area contributed by atoms with E-state index in [1.54, 1.807) is 7.11 Å². The van der Waals surface area contributed by atoms with Gasteiger partial charge in [-0.05, 0) is 36.4 Å². The summed E-state index contributed by atoms with van der Waals surface area (Å²) in [6, 6.07) is 18.4. The molecule has 1 aromatic heterocycles. The molecule has 0 aliphatic heterocycles. The van der Waals surface area contributed by atoms with Crippen molar-refractivity contribution in [1.82, 2.24) is 4.74 Å². The van der Waals surface area contributed by atoms with Crippen molar-refractivity contribution in [3.8, 4) is 22.7 Å². The van der Waals surface area contributed by atoms with Gasteiger partial charge in [-0.3, -0.25) is 0 Å². The van der Waals surface area contributed by atoms with E-state index in [0.717, 1.165) is 17.0 Å². The summed E-state index contributed by atoms with van der Waals surface area (Å²) in [7, 11) is 1.62. The van der Waals surface area contributed by atoms with Gasteiger partial charge >= 0.3 is 5.63 Å². The minimum Gasteiger partial charge on any atom is -0.497 e. The molecule has 0 radical (unpaired) electrons. The number of para-hydroxylation sites is 1. The molecule has 0 saturated heterocycles. The summed E-state index contributed by atoms with van der Waals surface area (Å²) in [6.45, 7) is 0. The highest BCUT2D eigenvalue weighted by Gasteiger charge is 2.11.